The molecule has 3 N–H and O–H groups in total. The number of carboxylic acids is 1. The molecule has 1 fully saturated rings. The largest absolute Gasteiger partial charge is 0.493 e. The van der Waals surface area contributed by atoms with Crippen molar-refractivity contribution in [1.82, 2.24) is 9.55 Å². The molecule has 7 nitrogen and oxygen atoms in total. The van der Waals surface area contributed by atoms with Crippen molar-refractivity contribution in [2.75, 3.05) is 6.61 Å². The van der Waals surface area contributed by atoms with E-state index in [4.69, 9.17) is 15.5 Å². The number of carboxylic acid groups (broad SMARTS) is 1. The number of aromatic nitrogens is 2. The Labute approximate surface area is 215 Å². The van der Waals surface area contributed by atoms with Crippen LogP contribution in [0.4, 0.5) is 0 Å². The molecule has 3 aromatic rings. The van der Waals surface area contributed by atoms with E-state index in [0.717, 1.165) is 40.6 Å². The second kappa shape index (κ2) is 10.5. The van der Waals surface area contributed by atoms with Crippen LogP contribution < -0.4 is 10.5 Å². The van der Waals surface area contributed by atoms with E-state index in [9.17, 15) is 14.7 Å². The first-order chi connectivity index (χ1) is 17.4. The number of benzene rings is 1. The molecule has 0 spiro atoms. The van der Waals surface area contributed by atoms with Gasteiger partial charge in [0.15, 0.2) is 0 Å². The fourth-order valence-corrected chi connectivity index (χ4v) is 6.63. The third kappa shape index (κ3) is 5.05. The molecule has 36 heavy (non-hydrogen) atoms. The predicted molar refractivity (Wildman–Crippen MR) is 141 cm³/mol. The summed E-state index contributed by atoms with van der Waals surface area (Å²) >= 11 is 1.55. The van der Waals surface area contributed by atoms with Gasteiger partial charge in [0.05, 0.1) is 23.6 Å². The zero-order valence-corrected chi connectivity index (χ0v) is 21.5. The van der Waals surface area contributed by atoms with Crippen molar-refractivity contribution in [3.63, 3.8) is 0 Å². The molecule has 1 saturated carbocycles. The van der Waals surface area contributed by atoms with Gasteiger partial charge in [-0.05, 0) is 55.5 Å². The van der Waals surface area contributed by atoms with Crippen LogP contribution in [0.1, 0.15) is 79.0 Å². The Kier molecular flexibility index (Phi) is 7.14. The third-order valence-electron chi connectivity index (χ3n) is 7.64. The Hall–Kier alpha value is -3.13. The van der Waals surface area contributed by atoms with Gasteiger partial charge in [0.25, 0.3) is 0 Å². The van der Waals surface area contributed by atoms with E-state index in [2.05, 4.69) is 10.6 Å². The number of carbonyl (C=O) groups is 2. The number of amides is 1. The number of aromatic carboxylic acids is 1. The Bertz CT molecular complexity index is 1270. The molecule has 2 aromatic heterocycles. The maximum atomic E-state index is 12.1. The van der Waals surface area contributed by atoms with Crippen LogP contribution in [0.2, 0.25) is 0 Å². The summed E-state index contributed by atoms with van der Waals surface area (Å²) in [5.74, 6) is 0.225. The van der Waals surface area contributed by atoms with Gasteiger partial charge in [-0.3, -0.25) is 4.79 Å². The number of nitrogens with two attached hydrogens (primary N) is 1. The molecule has 0 saturated heterocycles. The normalized spacial score (nSPS) is 16.5. The summed E-state index contributed by atoms with van der Waals surface area (Å²) in [5.41, 5.74) is 10.3. The summed E-state index contributed by atoms with van der Waals surface area (Å²) in [4.78, 5) is 28.8. The topological polar surface area (TPSA) is 107 Å². The minimum Gasteiger partial charge on any atom is -0.493 e. The van der Waals surface area contributed by atoms with Crippen molar-refractivity contribution >= 4 is 23.2 Å². The zero-order valence-electron chi connectivity index (χ0n) is 20.7. The lowest BCUT2D eigenvalue weighted by molar-refractivity contribution is -0.118. The zero-order chi connectivity index (χ0) is 25.2. The second-order valence-corrected chi connectivity index (χ2v) is 10.9. The first-order valence-electron chi connectivity index (χ1n) is 12.9. The maximum absolute atomic E-state index is 12.1. The lowest BCUT2D eigenvalue weighted by Gasteiger charge is -2.29. The van der Waals surface area contributed by atoms with Crippen molar-refractivity contribution in [3.8, 4) is 27.7 Å². The summed E-state index contributed by atoms with van der Waals surface area (Å²) in [6.07, 6.45) is 8.76. The molecule has 8 heteroatoms. The number of hydrogen-bond donors (Lipinski definition) is 2. The average molecular weight is 508 g/mol. The van der Waals surface area contributed by atoms with Crippen LogP contribution in [-0.2, 0) is 11.2 Å². The molecule has 1 amide bonds. The summed E-state index contributed by atoms with van der Waals surface area (Å²) in [7, 11) is 0. The van der Waals surface area contributed by atoms with Crippen molar-refractivity contribution in [3.05, 3.63) is 46.5 Å². The molecule has 5 rings (SSSR count). The highest BCUT2D eigenvalue weighted by molar-refractivity contribution is 7.13. The van der Waals surface area contributed by atoms with Gasteiger partial charge in [-0.25, -0.2) is 9.78 Å². The molecule has 3 heterocycles. The van der Waals surface area contributed by atoms with Crippen LogP contribution in [0, 0.1) is 12.8 Å². The number of nitrogens with zero attached hydrogens (tertiary/aromatic N) is 2. The van der Waals surface area contributed by atoms with Crippen LogP contribution in [0.15, 0.2) is 29.6 Å². The van der Waals surface area contributed by atoms with Crippen LogP contribution in [0.25, 0.3) is 22.0 Å². The van der Waals surface area contributed by atoms with E-state index in [1.165, 1.54) is 37.7 Å². The minimum atomic E-state index is -0.951. The van der Waals surface area contributed by atoms with Crippen molar-refractivity contribution < 1.29 is 19.4 Å². The van der Waals surface area contributed by atoms with Crippen LogP contribution in [-0.4, -0.2) is 33.1 Å². The molecule has 1 unspecified atom stereocenters. The molecule has 1 atom stereocenters. The quantitative estimate of drug-likeness (QED) is 0.369. The first-order valence-corrected chi connectivity index (χ1v) is 13.7. The van der Waals surface area contributed by atoms with E-state index >= 15 is 0 Å². The fraction of sp³-hybridized carbons (Fsp3) is 0.464. The number of hydrogen-bond acceptors (Lipinski definition) is 5. The molecule has 1 aliphatic heterocycles. The van der Waals surface area contributed by atoms with Crippen LogP contribution in [0.3, 0.4) is 0 Å². The summed E-state index contributed by atoms with van der Waals surface area (Å²) in [5, 5.41) is 12.8. The van der Waals surface area contributed by atoms with Gasteiger partial charge < -0.3 is 20.1 Å². The molecule has 2 aliphatic rings. The minimum absolute atomic E-state index is 0.00834. The van der Waals surface area contributed by atoms with Gasteiger partial charge in [0.1, 0.15) is 10.8 Å². The van der Waals surface area contributed by atoms with E-state index in [1.807, 2.05) is 24.4 Å². The second-order valence-electron chi connectivity index (χ2n) is 10.1. The molecule has 190 valence electrons. The lowest BCUT2D eigenvalue weighted by Crippen LogP contribution is -2.21. The molecular formula is C28H33N3O4S. The number of primary amides is 1. The highest BCUT2D eigenvalue weighted by Gasteiger charge is 2.28. The Morgan fingerprint density at radius 3 is 2.81 bits per heavy atom. The van der Waals surface area contributed by atoms with E-state index in [1.54, 1.807) is 17.4 Å². The standard InChI is InChI=1S/C28H33N3O4S/c1-17-22(28(33)34)15-24(31(17)21(8-10-26(29)32)13-18-5-3-2-4-6-18)23-16-36-27(30-23)20-7-9-25-19(14-20)11-12-35-25/h7,9,14-16,18,21H,2-6,8,10-13H2,1H3,(H2,29,32)(H,33,34). The monoisotopic (exact) mass is 507 g/mol. The van der Waals surface area contributed by atoms with Gasteiger partial charge in [-0.15, -0.1) is 11.3 Å². The van der Waals surface area contributed by atoms with Gasteiger partial charge in [-0.2, -0.15) is 0 Å². The Morgan fingerprint density at radius 1 is 1.25 bits per heavy atom. The van der Waals surface area contributed by atoms with Gasteiger partial charge in [0.2, 0.25) is 5.91 Å². The highest BCUT2D eigenvalue weighted by Crippen LogP contribution is 2.39. The first kappa shape index (κ1) is 24.6. The van der Waals surface area contributed by atoms with Crippen LogP contribution in [0.5, 0.6) is 5.75 Å². The fourth-order valence-electron chi connectivity index (χ4n) is 5.82. The number of carbonyl (C=O) groups excluding carboxylic acids is 1. The number of thiazole rings is 1. The van der Waals surface area contributed by atoms with Crippen molar-refractivity contribution in [1.29, 1.82) is 0 Å². The number of fused-ring (bicyclic) bond motifs is 1. The Morgan fingerprint density at radius 2 is 2.06 bits per heavy atom. The molecular weight excluding hydrogens is 474 g/mol. The maximum Gasteiger partial charge on any atom is 0.337 e. The van der Waals surface area contributed by atoms with E-state index in [-0.39, 0.29) is 23.9 Å². The van der Waals surface area contributed by atoms with Gasteiger partial charge >= 0.3 is 5.97 Å². The Balaban J connectivity index is 1.53. The predicted octanol–water partition coefficient (Wildman–Crippen LogP) is 6.00. The summed E-state index contributed by atoms with van der Waals surface area (Å²) < 4.78 is 7.76. The number of rotatable bonds is 9. The van der Waals surface area contributed by atoms with Crippen molar-refractivity contribution in [2.24, 2.45) is 11.7 Å². The lowest BCUT2D eigenvalue weighted by atomic mass is 9.83. The molecule has 1 aromatic carbocycles. The third-order valence-corrected chi connectivity index (χ3v) is 8.54. The average Bonchev–Trinajstić information content (AvgIpc) is 3.60. The van der Waals surface area contributed by atoms with Crippen molar-refractivity contribution in [2.45, 2.75) is 70.8 Å². The summed E-state index contributed by atoms with van der Waals surface area (Å²) in [6.45, 7) is 2.57. The van der Waals surface area contributed by atoms with E-state index < -0.39 is 5.97 Å². The van der Waals surface area contributed by atoms with Gasteiger partial charge in [-0.1, -0.05) is 32.1 Å². The molecule has 0 bridgehead atoms. The summed E-state index contributed by atoms with van der Waals surface area (Å²) in [6, 6.07) is 7.89. The molecule has 0 radical (unpaired) electrons. The van der Waals surface area contributed by atoms with Crippen LogP contribution >= 0.6 is 11.3 Å². The SMILES string of the molecule is Cc1c(C(=O)O)cc(-c2csc(-c3ccc4c(c3)CCO4)n2)n1C(CCC(N)=O)CC1CCCCC1. The molecule has 1 aliphatic carbocycles. The van der Waals surface area contributed by atoms with E-state index in [0.29, 0.717) is 24.6 Å². The van der Waals surface area contributed by atoms with Gasteiger partial charge in [0, 0.05) is 35.5 Å². The number of ether oxygens (including phenoxy) is 1. The highest BCUT2D eigenvalue weighted by atomic mass is 32.1. The smallest absolute Gasteiger partial charge is 0.337 e.